The van der Waals surface area contributed by atoms with Crippen LogP contribution in [-0.4, -0.2) is 15.3 Å². The van der Waals surface area contributed by atoms with Crippen LogP contribution >= 0.6 is 11.5 Å². The molecule has 148 valence electrons. The van der Waals surface area contributed by atoms with E-state index in [1.54, 1.807) is 12.1 Å². The van der Waals surface area contributed by atoms with Crippen LogP contribution in [-0.2, 0) is 13.0 Å². The normalized spacial score (nSPS) is 12.4. The van der Waals surface area contributed by atoms with Crippen LogP contribution in [0.15, 0.2) is 52.3 Å². The highest BCUT2D eigenvalue weighted by molar-refractivity contribution is 7.02. The Morgan fingerprint density at radius 1 is 1.18 bits per heavy atom. The lowest BCUT2D eigenvalue weighted by molar-refractivity contribution is -0.274. The van der Waals surface area contributed by atoms with Crippen molar-refractivity contribution in [2.24, 2.45) is 4.99 Å². The zero-order valence-corrected chi connectivity index (χ0v) is 15.4. The molecule has 0 spiro atoms. The van der Waals surface area contributed by atoms with Crippen molar-refractivity contribution in [2.75, 3.05) is 0 Å². The number of aromatic nitrogens is 2. The lowest BCUT2D eigenvalue weighted by atomic mass is 10.1. The Morgan fingerprint density at radius 3 is 2.50 bits per heavy atom. The number of rotatable bonds is 5. The number of hydrogen-bond donors (Lipinski definition) is 1. The topological polar surface area (TPSA) is 59.4 Å². The standard InChI is InChI=1S/C18H15F4N3O2S/c1-2-12-4-3-11(9-15(12)19)10-25-16(26)24-28-17(25)23-13-5-7-14(8-6-13)27-18(20,21)22/h3-9H,2,10H2,1H3,(H,24,26). The summed E-state index contributed by atoms with van der Waals surface area (Å²) in [5.74, 6) is -0.709. The van der Waals surface area contributed by atoms with E-state index in [-0.39, 0.29) is 18.1 Å². The highest BCUT2D eigenvalue weighted by atomic mass is 32.1. The number of ether oxygens (including phenoxy) is 1. The Hall–Kier alpha value is -2.88. The first-order chi connectivity index (χ1) is 13.2. The predicted molar refractivity (Wildman–Crippen MR) is 96.2 cm³/mol. The quantitative estimate of drug-likeness (QED) is 0.640. The van der Waals surface area contributed by atoms with Gasteiger partial charge in [-0.1, -0.05) is 19.1 Å². The molecule has 0 radical (unpaired) electrons. The second-order valence-corrected chi connectivity index (χ2v) is 6.58. The van der Waals surface area contributed by atoms with E-state index in [1.165, 1.54) is 22.8 Å². The fourth-order valence-corrected chi connectivity index (χ4v) is 3.20. The van der Waals surface area contributed by atoms with Crippen molar-refractivity contribution in [3.05, 3.63) is 74.7 Å². The van der Waals surface area contributed by atoms with Gasteiger partial charge in [-0.05, 0) is 59.4 Å². The van der Waals surface area contributed by atoms with Crippen LogP contribution in [0, 0.1) is 5.82 Å². The molecule has 3 rings (SSSR count). The molecule has 0 unspecified atom stereocenters. The van der Waals surface area contributed by atoms with Crippen LogP contribution in [0.4, 0.5) is 23.2 Å². The number of alkyl halides is 3. The largest absolute Gasteiger partial charge is 0.573 e. The van der Waals surface area contributed by atoms with Gasteiger partial charge >= 0.3 is 12.1 Å². The molecule has 1 aromatic heterocycles. The lowest BCUT2D eigenvalue weighted by Crippen LogP contribution is -2.27. The van der Waals surface area contributed by atoms with Crippen LogP contribution in [0.25, 0.3) is 0 Å². The minimum Gasteiger partial charge on any atom is -0.406 e. The highest BCUT2D eigenvalue weighted by Crippen LogP contribution is 2.24. The fourth-order valence-electron chi connectivity index (χ4n) is 2.50. The summed E-state index contributed by atoms with van der Waals surface area (Å²) in [4.78, 5) is 16.6. The third kappa shape index (κ3) is 4.89. The first-order valence-corrected chi connectivity index (χ1v) is 9.03. The summed E-state index contributed by atoms with van der Waals surface area (Å²) in [5.41, 5.74) is 1.10. The Bertz CT molecular complexity index is 1080. The van der Waals surface area contributed by atoms with Crippen molar-refractivity contribution in [3.63, 3.8) is 0 Å². The Morgan fingerprint density at radius 2 is 1.89 bits per heavy atom. The van der Waals surface area contributed by atoms with Crippen LogP contribution in [0.3, 0.4) is 0 Å². The smallest absolute Gasteiger partial charge is 0.406 e. The molecule has 0 saturated carbocycles. The van der Waals surface area contributed by atoms with Gasteiger partial charge in [-0.15, -0.1) is 13.2 Å². The average Bonchev–Trinajstić information content (AvgIpc) is 2.96. The van der Waals surface area contributed by atoms with Crippen molar-refractivity contribution in [3.8, 4) is 5.75 Å². The molecule has 3 aromatic rings. The first-order valence-electron chi connectivity index (χ1n) is 8.21. The number of benzene rings is 2. The SMILES string of the molecule is CCc1ccc(Cn2c(=O)[nH]sc2=Nc2ccc(OC(F)(F)F)cc2)cc1F. The van der Waals surface area contributed by atoms with E-state index in [9.17, 15) is 22.4 Å². The number of hydrogen-bond acceptors (Lipinski definition) is 4. The van der Waals surface area contributed by atoms with Crippen LogP contribution in [0.1, 0.15) is 18.1 Å². The van der Waals surface area contributed by atoms with E-state index in [1.807, 2.05) is 6.92 Å². The van der Waals surface area contributed by atoms with Gasteiger partial charge in [0.25, 0.3) is 0 Å². The number of halogens is 4. The predicted octanol–water partition coefficient (Wildman–Crippen LogP) is 4.12. The summed E-state index contributed by atoms with van der Waals surface area (Å²) >= 11 is 0.970. The molecule has 0 saturated heterocycles. The highest BCUT2D eigenvalue weighted by Gasteiger charge is 2.30. The second-order valence-electron chi connectivity index (χ2n) is 5.81. The zero-order chi connectivity index (χ0) is 20.3. The summed E-state index contributed by atoms with van der Waals surface area (Å²) in [7, 11) is 0. The summed E-state index contributed by atoms with van der Waals surface area (Å²) in [6, 6.07) is 9.71. The van der Waals surface area contributed by atoms with E-state index in [0.717, 1.165) is 23.7 Å². The number of aryl methyl sites for hydroxylation is 1. The van der Waals surface area contributed by atoms with Gasteiger partial charge in [-0.25, -0.2) is 14.2 Å². The van der Waals surface area contributed by atoms with Crippen LogP contribution in [0.2, 0.25) is 0 Å². The third-order valence-corrected chi connectivity index (χ3v) is 4.61. The summed E-state index contributed by atoms with van der Waals surface area (Å²) in [6.45, 7) is 1.95. The summed E-state index contributed by atoms with van der Waals surface area (Å²) in [5, 5.41) is 0. The van der Waals surface area contributed by atoms with Gasteiger partial charge in [0.2, 0.25) is 4.80 Å². The van der Waals surface area contributed by atoms with E-state index in [4.69, 9.17) is 0 Å². The van der Waals surface area contributed by atoms with Crippen molar-refractivity contribution in [2.45, 2.75) is 26.3 Å². The monoisotopic (exact) mass is 413 g/mol. The van der Waals surface area contributed by atoms with Gasteiger partial charge in [0.15, 0.2) is 0 Å². The first kappa shape index (κ1) is 19.9. The van der Waals surface area contributed by atoms with Crippen molar-refractivity contribution in [1.29, 1.82) is 0 Å². The van der Waals surface area contributed by atoms with Gasteiger partial charge in [-0.3, -0.25) is 8.94 Å². The Kier molecular flexibility index (Phi) is 5.68. The van der Waals surface area contributed by atoms with Crippen LogP contribution < -0.4 is 15.2 Å². The molecule has 0 amide bonds. The molecule has 1 N–H and O–H groups in total. The van der Waals surface area contributed by atoms with Gasteiger partial charge in [0.1, 0.15) is 11.6 Å². The minimum atomic E-state index is -4.77. The maximum atomic E-state index is 14.0. The maximum absolute atomic E-state index is 14.0. The molecule has 5 nitrogen and oxygen atoms in total. The van der Waals surface area contributed by atoms with Gasteiger partial charge in [-0.2, -0.15) is 0 Å². The Labute approximate surface area is 160 Å². The van der Waals surface area contributed by atoms with Crippen LogP contribution in [0.5, 0.6) is 5.75 Å². The molecular formula is C18H15F4N3O2S. The van der Waals surface area contributed by atoms with Crippen molar-refractivity contribution >= 4 is 17.2 Å². The molecule has 28 heavy (non-hydrogen) atoms. The summed E-state index contributed by atoms with van der Waals surface area (Å²) in [6.07, 6.45) is -4.21. The molecule has 0 aliphatic heterocycles. The number of aromatic amines is 1. The lowest BCUT2D eigenvalue weighted by Gasteiger charge is -2.08. The van der Waals surface area contributed by atoms with E-state index >= 15 is 0 Å². The second kappa shape index (κ2) is 8.01. The van der Waals surface area contributed by atoms with Gasteiger partial charge < -0.3 is 4.74 Å². The minimum absolute atomic E-state index is 0.105. The van der Waals surface area contributed by atoms with Gasteiger partial charge in [0.05, 0.1) is 12.2 Å². The molecule has 0 bridgehead atoms. The third-order valence-electron chi connectivity index (χ3n) is 3.84. The van der Waals surface area contributed by atoms with Crippen molar-refractivity contribution in [1.82, 2.24) is 8.94 Å². The molecule has 2 aromatic carbocycles. The molecule has 10 heteroatoms. The molecule has 0 fully saturated rings. The van der Waals surface area contributed by atoms with E-state index < -0.39 is 12.1 Å². The van der Waals surface area contributed by atoms with Crippen molar-refractivity contribution < 1.29 is 22.3 Å². The van der Waals surface area contributed by atoms with Gasteiger partial charge in [0, 0.05) is 0 Å². The fraction of sp³-hybridized carbons (Fsp3) is 0.222. The van der Waals surface area contributed by atoms with E-state index in [0.29, 0.717) is 28.0 Å². The number of nitrogens with one attached hydrogen (secondary N) is 1. The van der Waals surface area contributed by atoms with E-state index in [2.05, 4.69) is 14.1 Å². The molecular weight excluding hydrogens is 398 g/mol. The zero-order valence-electron chi connectivity index (χ0n) is 14.6. The number of H-pyrrole nitrogens is 1. The molecule has 0 aliphatic carbocycles. The number of nitrogens with zero attached hydrogens (tertiary/aromatic N) is 2. The Balaban J connectivity index is 1.88. The summed E-state index contributed by atoms with van der Waals surface area (Å²) < 4.78 is 58.3. The molecule has 0 atom stereocenters. The average molecular weight is 413 g/mol. The molecule has 1 heterocycles. The molecule has 0 aliphatic rings. The maximum Gasteiger partial charge on any atom is 0.573 e.